The van der Waals surface area contributed by atoms with Crippen LogP contribution in [-0.2, 0) is 24.2 Å². The van der Waals surface area contributed by atoms with Crippen molar-refractivity contribution in [1.29, 1.82) is 0 Å². The fraction of sp³-hybridized carbons (Fsp3) is 0.360. The topological polar surface area (TPSA) is 63.6 Å². The number of nitrogens with one attached hydrogen (secondary N) is 1. The van der Waals surface area contributed by atoms with Gasteiger partial charge in [0, 0.05) is 54.3 Å². The monoisotopic (exact) mass is 419 g/mol. The van der Waals surface area contributed by atoms with Gasteiger partial charge >= 0.3 is 6.09 Å². The molecule has 31 heavy (non-hydrogen) atoms. The van der Waals surface area contributed by atoms with Gasteiger partial charge in [0.2, 0.25) is 0 Å². The van der Waals surface area contributed by atoms with Crippen molar-refractivity contribution in [3.8, 4) is 0 Å². The van der Waals surface area contributed by atoms with E-state index in [0.29, 0.717) is 18.7 Å². The Morgan fingerprint density at radius 1 is 1.06 bits per heavy atom. The van der Waals surface area contributed by atoms with Gasteiger partial charge in [-0.25, -0.2) is 4.79 Å². The summed E-state index contributed by atoms with van der Waals surface area (Å²) in [6.45, 7) is 7.57. The normalized spacial score (nSPS) is 13.7. The molecule has 1 aliphatic heterocycles. The highest BCUT2D eigenvalue weighted by atomic mass is 16.6. The molecule has 2 amide bonds. The van der Waals surface area contributed by atoms with E-state index < -0.39 is 5.60 Å². The van der Waals surface area contributed by atoms with Crippen LogP contribution in [0.25, 0.3) is 10.9 Å². The molecule has 6 nitrogen and oxygen atoms in total. The molecule has 0 spiro atoms. The number of benzene rings is 2. The van der Waals surface area contributed by atoms with Crippen LogP contribution in [0.2, 0.25) is 0 Å². The van der Waals surface area contributed by atoms with Crippen molar-refractivity contribution in [3.05, 3.63) is 70.9 Å². The van der Waals surface area contributed by atoms with Gasteiger partial charge in [-0.05, 0) is 44.5 Å². The molecule has 0 radical (unpaired) electrons. The smallest absolute Gasteiger partial charge is 0.410 e. The number of para-hydroxylation sites is 1. The van der Waals surface area contributed by atoms with Crippen LogP contribution in [0.1, 0.15) is 48.0 Å². The molecule has 6 heteroatoms. The summed E-state index contributed by atoms with van der Waals surface area (Å²) in [7, 11) is 1.63. The van der Waals surface area contributed by atoms with E-state index in [1.54, 1.807) is 11.9 Å². The van der Waals surface area contributed by atoms with Gasteiger partial charge in [-0.15, -0.1) is 0 Å². The Labute approximate surface area is 182 Å². The van der Waals surface area contributed by atoms with Gasteiger partial charge in [0.05, 0.1) is 6.54 Å². The summed E-state index contributed by atoms with van der Waals surface area (Å²) in [6.07, 6.45) is 0.513. The van der Waals surface area contributed by atoms with E-state index in [4.69, 9.17) is 4.74 Å². The summed E-state index contributed by atoms with van der Waals surface area (Å²) in [4.78, 5) is 26.2. The zero-order chi connectivity index (χ0) is 22.2. The van der Waals surface area contributed by atoms with Gasteiger partial charge in [-0.3, -0.25) is 4.79 Å². The molecule has 0 bridgehead atoms. The Kier molecular flexibility index (Phi) is 5.48. The molecule has 3 aromatic rings. The van der Waals surface area contributed by atoms with Crippen LogP contribution in [0, 0.1) is 0 Å². The van der Waals surface area contributed by atoms with Gasteiger partial charge in [0.25, 0.3) is 5.91 Å². The molecule has 1 aromatic heterocycles. The lowest BCUT2D eigenvalue weighted by molar-refractivity contribution is 0.0223. The molecule has 4 rings (SSSR count). The first-order chi connectivity index (χ1) is 14.8. The highest BCUT2D eigenvalue weighted by molar-refractivity contribution is 5.94. The van der Waals surface area contributed by atoms with Crippen LogP contribution in [0.3, 0.4) is 0 Å². The Hall–Kier alpha value is -3.28. The van der Waals surface area contributed by atoms with Crippen LogP contribution >= 0.6 is 0 Å². The third-order valence-corrected chi connectivity index (χ3v) is 5.60. The molecule has 1 aliphatic rings. The maximum absolute atomic E-state index is 12.6. The van der Waals surface area contributed by atoms with Gasteiger partial charge in [0.15, 0.2) is 0 Å². The van der Waals surface area contributed by atoms with Crippen LogP contribution < -0.4 is 5.32 Å². The zero-order valence-electron chi connectivity index (χ0n) is 18.6. The van der Waals surface area contributed by atoms with E-state index in [1.807, 2.05) is 57.2 Å². The Morgan fingerprint density at radius 3 is 2.45 bits per heavy atom. The molecule has 0 saturated heterocycles. The summed E-state index contributed by atoms with van der Waals surface area (Å²) in [5, 5.41) is 3.83. The average molecular weight is 420 g/mol. The molecular weight excluding hydrogens is 390 g/mol. The zero-order valence-corrected chi connectivity index (χ0v) is 18.6. The molecular formula is C25H29N3O3. The third kappa shape index (κ3) is 4.29. The first-order valence-corrected chi connectivity index (χ1v) is 10.6. The number of hydrogen-bond acceptors (Lipinski definition) is 3. The molecule has 0 saturated carbocycles. The largest absolute Gasteiger partial charge is 0.444 e. The minimum absolute atomic E-state index is 0.0856. The van der Waals surface area contributed by atoms with Gasteiger partial charge in [0.1, 0.15) is 5.60 Å². The standard InChI is InChI=1S/C25H29N3O3/c1-25(2,3)31-24(30)27-14-13-22-20(16-27)19-7-5-6-8-21(19)28(22)15-17-9-11-18(12-10-17)23(29)26-4/h5-12H,13-16H2,1-4H3,(H,26,29). The second-order valence-corrected chi connectivity index (χ2v) is 8.96. The number of aromatic nitrogens is 1. The first kappa shape index (κ1) is 21.0. The highest BCUT2D eigenvalue weighted by Gasteiger charge is 2.29. The van der Waals surface area contributed by atoms with Crippen molar-refractivity contribution in [2.24, 2.45) is 0 Å². The second kappa shape index (κ2) is 8.10. The third-order valence-electron chi connectivity index (χ3n) is 5.60. The second-order valence-electron chi connectivity index (χ2n) is 8.96. The van der Waals surface area contributed by atoms with E-state index in [0.717, 1.165) is 24.0 Å². The molecule has 0 aliphatic carbocycles. The van der Waals surface area contributed by atoms with E-state index in [-0.39, 0.29) is 12.0 Å². The maximum Gasteiger partial charge on any atom is 0.410 e. The summed E-state index contributed by atoms with van der Waals surface area (Å²) in [5.74, 6) is -0.0856. The molecule has 1 N–H and O–H groups in total. The number of hydrogen-bond donors (Lipinski definition) is 1. The van der Waals surface area contributed by atoms with Crippen molar-refractivity contribution in [2.75, 3.05) is 13.6 Å². The number of carbonyl (C=O) groups is 2. The molecule has 0 atom stereocenters. The summed E-state index contributed by atoms with van der Waals surface area (Å²) in [6, 6.07) is 16.1. The minimum Gasteiger partial charge on any atom is -0.444 e. The molecule has 162 valence electrons. The van der Waals surface area contributed by atoms with E-state index in [2.05, 4.69) is 22.0 Å². The number of amides is 2. The lowest BCUT2D eigenvalue weighted by atomic mass is 10.0. The van der Waals surface area contributed by atoms with Gasteiger partial charge in [-0.2, -0.15) is 0 Å². The fourth-order valence-electron chi connectivity index (χ4n) is 4.15. The Morgan fingerprint density at radius 2 is 1.77 bits per heavy atom. The number of rotatable bonds is 3. The number of ether oxygens (including phenoxy) is 1. The fourth-order valence-corrected chi connectivity index (χ4v) is 4.15. The quantitative estimate of drug-likeness (QED) is 0.687. The van der Waals surface area contributed by atoms with Crippen molar-refractivity contribution in [1.82, 2.24) is 14.8 Å². The average Bonchev–Trinajstić information content (AvgIpc) is 3.06. The van der Waals surface area contributed by atoms with Crippen LogP contribution in [0.5, 0.6) is 0 Å². The van der Waals surface area contributed by atoms with Crippen LogP contribution in [0.4, 0.5) is 4.79 Å². The van der Waals surface area contributed by atoms with Crippen LogP contribution in [0.15, 0.2) is 48.5 Å². The minimum atomic E-state index is -0.508. The predicted molar refractivity (Wildman–Crippen MR) is 121 cm³/mol. The Balaban J connectivity index is 1.65. The number of carbonyl (C=O) groups excluding carboxylic acids is 2. The molecule has 2 aromatic carbocycles. The number of nitrogens with zero attached hydrogens (tertiary/aromatic N) is 2. The van der Waals surface area contributed by atoms with Crippen LogP contribution in [-0.4, -0.2) is 40.7 Å². The van der Waals surface area contributed by atoms with Gasteiger partial charge in [-0.1, -0.05) is 30.3 Å². The summed E-state index contributed by atoms with van der Waals surface area (Å²) < 4.78 is 7.93. The predicted octanol–water partition coefficient (Wildman–Crippen LogP) is 4.34. The number of fused-ring (bicyclic) bond motifs is 3. The lowest BCUT2D eigenvalue weighted by Gasteiger charge is -2.30. The van der Waals surface area contributed by atoms with Crippen molar-refractivity contribution >= 4 is 22.9 Å². The van der Waals surface area contributed by atoms with Crippen molar-refractivity contribution in [3.63, 3.8) is 0 Å². The van der Waals surface area contributed by atoms with Gasteiger partial charge < -0.3 is 19.5 Å². The van der Waals surface area contributed by atoms with E-state index >= 15 is 0 Å². The maximum atomic E-state index is 12.6. The summed E-state index contributed by atoms with van der Waals surface area (Å²) >= 11 is 0. The Bertz CT molecular complexity index is 1120. The molecule has 0 fully saturated rings. The van der Waals surface area contributed by atoms with E-state index in [1.165, 1.54) is 16.6 Å². The van der Waals surface area contributed by atoms with E-state index in [9.17, 15) is 9.59 Å². The molecule has 2 heterocycles. The summed E-state index contributed by atoms with van der Waals surface area (Å²) in [5.41, 5.74) is 4.89. The van der Waals surface area contributed by atoms with Crippen molar-refractivity contribution < 1.29 is 14.3 Å². The first-order valence-electron chi connectivity index (χ1n) is 10.6. The highest BCUT2D eigenvalue weighted by Crippen LogP contribution is 2.32. The molecule has 0 unspecified atom stereocenters. The SMILES string of the molecule is CNC(=O)c1ccc(Cn2c3c(c4ccccc42)CN(C(=O)OC(C)(C)C)CC3)cc1. The lowest BCUT2D eigenvalue weighted by Crippen LogP contribution is -2.40. The van der Waals surface area contributed by atoms with Crippen molar-refractivity contribution in [2.45, 2.75) is 45.9 Å².